The van der Waals surface area contributed by atoms with E-state index < -0.39 is 0 Å². The Hall–Kier alpha value is -1.55. The predicted molar refractivity (Wildman–Crippen MR) is 67.1 cm³/mol. The molecule has 0 aromatic carbocycles. The quantitative estimate of drug-likeness (QED) is 0.526. The first-order valence-corrected chi connectivity index (χ1v) is 4.48. The summed E-state index contributed by atoms with van der Waals surface area (Å²) in [5.41, 5.74) is 10.1. The minimum absolute atomic E-state index is 0.593. The highest BCUT2D eigenvalue weighted by molar-refractivity contribution is 5.47. The number of rotatable bonds is 5. The molecule has 0 radical (unpaired) electrons. The summed E-state index contributed by atoms with van der Waals surface area (Å²) in [6, 6.07) is 0. The maximum atomic E-state index is 10.1. The number of hydrogen-bond donors (Lipinski definition) is 2. The lowest BCUT2D eigenvalue weighted by Crippen LogP contribution is -2.21. The number of hydrogen-bond acceptors (Lipinski definition) is 3. The molecule has 0 bridgehead atoms. The normalized spacial score (nSPS) is 6.87. The average Bonchev–Trinajstić information content (AvgIpc) is 2.20. The van der Waals surface area contributed by atoms with Gasteiger partial charge in [0, 0.05) is 13.1 Å². The summed E-state index contributed by atoms with van der Waals surface area (Å²) < 4.78 is 0. The van der Waals surface area contributed by atoms with Crippen LogP contribution in [0.1, 0.15) is 6.92 Å². The highest BCUT2D eigenvalue weighted by atomic mass is 16.1. The molecule has 0 saturated heterocycles. The SMILES string of the molecule is C=C(C)N.C=CCN(C=O)CC=C.CN. The Morgan fingerprint density at radius 1 is 1.27 bits per heavy atom. The molecule has 0 aliphatic rings. The first-order valence-electron chi connectivity index (χ1n) is 4.48. The first kappa shape index (κ1) is 19.1. The standard InChI is InChI=1S/C7H11NO.C3H7N.CH5N/c1-3-5-8(7-9)6-4-2;1-3(2)4;1-2/h3-4,7H,1-2,5-6H2;1,4H2,2H3;2H2,1H3. The van der Waals surface area contributed by atoms with Gasteiger partial charge in [-0.2, -0.15) is 0 Å². The lowest BCUT2D eigenvalue weighted by atomic mass is 10.5. The second kappa shape index (κ2) is 18.3. The van der Waals surface area contributed by atoms with Crippen LogP contribution in [0.2, 0.25) is 0 Å². The topological polar surface area (TPSA) is 72.3 Å². The van der Waals surface area contributed by atoms with Crippen LogP contribution in [0.25, 0.3) is 0 Å². The highest BCUT2D eigenvalue weighted by Gasteiger charge is 1.91. The molecular formula is C11H23N3O. The number of nitrogens with two attached hydrogens (primary N) is 2. The predicted octanol–water partition coefficient (Wildman–Crippen LogP) is 0.870. The zero-order valence-corrected chi connectivity index (χ0v) is 9.78. The van der Waals surface area contributed by atoms with Crippen molar-refractivity contribution in [3.63, 3.8) is 0 Å². The molecule has 0 rings (SSSR count). The minimum Gasteiger partial charge on any atom is -0.403 e. The van der Waals surface area contributed by atoms with Crippen molar-refractivity contribution >= 4 is 6.41 Å². The van der Waals surface area contributed by atoms with Crippen LogP contribution in [0.15, 0.2) is 37.6 Å². The molecule has 4 N–H and O–H groups in total. The van der Waals surface area contributed by atoms with Crippen molar-refractivity contribution in [2.24, 2.45) is 11.5 Å². The van der Waals surface area contributed by atoms with Gasteiger partial charge in [0.1, 0.15) is 0 Å². The number of amides is 1. The van der Waals surface area contributed by atoms with Gasteiger partial charge in [-0.25, -0.2) is 0 Å². The smallest absolute Gasteiger partial charge is 0.210 e. The third-order valence-electron chi connectivity index (χ3n) is 0.876. The molecule has 0 saturated carbocycles. The van der Waals surface area contributed by atoms with Gasteiger partial charge in [0.15, 0.2) is 0 Å². The van der Waals surface area contributed by atoms with Crippen molar-refractivity contribution in [3.05, 3.63) is 37.6 Å². The zero-order valence-electron chi connectivity index (χ0n) is 9.78. The van der Waals surface area contributed by atoms with Crippen LogP contribution < -0.4 is 11.5 Å². The van der Waals surface area contributed by atoms with Gasteiger partial charge < -0.3 is 16.4 Å². The van der Waals surface area contributed by atoms with Gasteiger partial charge in [-0.3, -0.25) is 4.79 Å². The van der Waals surface area contributed by atoms with E-state index in [0.29, 0.717) is 18.8 Å². The molecule has 0 aromatic heterocycles. The molecule has 0 unspecified atom stereocenters. The Bertz CT molecular complexity index is 165. The molecule has 15 heavy (non-hydrogen) atoms. The van der Waals surface area contributed by atoms with E-state index in [1.54, 1.807) is 24.0 Å². The number of carbonyl (C=O) groups is 1. The number of carbonyl (C=O) groups excluding carboxylic acids is 1. The summed E-state index contributed by atoms with van der Waals surface area (Å²) >= 11 is 0. The monoisotopic (exact) mass is 213 g/mol. The van der Waals surface area contributed by atoms with Crippen LogP contribution in [0.3, 0.4) is 0 Å². The van der Waals surface area contributed by atoms with Crippen LogP contribution >= 0.6 is 0 Å². The van der Waals surface area contributed by atoms with Crippen molar-refractivity contribution in [1.29, 1.82) is 0 Å². The van der Waals surface area contributed by atoms with E-state index in [4.69, 9.17) is 5.73 Å². The van der Waals surface area contributed by atoms with Gasteiger partial charge in [-0.05, 0) is 19.7 Å². The molecule has 0 aliphatic carbocycles. The molecule has 4 heteroatoms. The zero-order chi connectivity index (χ0) is 12.7. The molecule has 0 fully saturated rings. The van der Waals surface area contributed by atoms with Crippen LogP contribution in [-0.4, -0.2) is 31.4 Å². The van der Waals surface area contributed by atoms with Crippen molar-refractivity contribution in [2.45, 2.75) is 6.92 Å². The van der Waals surface area contributed by atoms with Crippen molar-refractivity contribution in [2.75, 3.05) is 20.1 Å². The van der Waals surface area contributed by atoms with E-state index in [1.807, 2.05) is 0 Å². The second-order valence-corrected chi connectivity index (χ2v) is 2.48. The third kappa shape index (κ3) is 32.7. The number of nitrogens with zero attached hydrogens (tertiary/aromatic N) is 1. The van der Waals surface area contributed by atoms with Crippen LogP contribution in [0, 0.1) is 0 Å². The van der Waals surface area contributed by atoms with Crippen LogP contribution in [0.5, 0.6) is 0 Å². The molecule has 88 valence electrons. The molecule has 1 amide bonds. The molecular weight excluding hydrogens is 190 g/mol. The van der Waals surface area contributed by atoms with Gasteiger partial charge in [-0.1, -0.05) is 18.7 Å². The second-order valence-electron chi connectivity index (χ2n) is 2.48. The summed E-state index contributed by atoms with van der Waals surface area (Å²) in [5, 5.41) is 0. The fourth-order valence-electron chi connectivity index (χ4n) is 0.492. The fourth-order valence-corrected chi connectivity index (χ4v) is 0.492. The van der Waals surface area contributed by atoms with E-state index in [9.17, 15) is 4.79 Å². The Morgan fingerprint density at radius 3 is 1.67 bits per heavy atom. The van der Waals surface area contributed by atoms with E-state index in [0.717, 1.165) is 6.41 Å². The Kier molecular flexibility index (Phi) is 23.3. The summed E-state index contributed by atoms with van der Waals surface area (Å²) in [4.78, 5) is 11.7. The molecule has 0 atom stereocenters. The Morgan fingerprint density at radius 2 is 1.53 bits per heavy atom. The summed E-state index contributed by atoms with van der Waals surface area (Å²) in [6.45, 7) is 13.3. The highest BCUT2D eigenvalue weighted by Crippen LogP contribution is 1.81. The van der Waals surface area contributed by atoms with Gasteiger partial charge in [-0.15, -0.1) is 13.2 Å². The maximum absolute atomic E-state index is 10.1. The summed E-state index contributed by atoms with van der Waals surface area (Å²) in [7, 11) is 1.50. The van der Waals surface area contributed by atoms with Gasteiger partial charge >= 0.3 is 0 Å². The summed E-state index contributed by atoms with van der Waals surface area (Å²) in [5.74, 6) is 0. The lowest BCUT2D eigenvalue weighted by molar-refractivity contribution is -0.117. The van der Waals surface area contributed by atoms with Crippen molar-refractivity contribution in [1.82, 2.24) is 4.90 Å². The number of allylic oxidation sites excluding steroid dienone is 1. The average molecular weight is 213 g/mol. The van der Waals surface area contributed by atoms with E-state index >= 15 is 0 Å². The molecule has 0 aliphatic heterocycles. The lowest BCUT2D eigenvalue weighted by Gasteiger charge is -2.10. The van der Waals surface area contributed by atoms with E-state index in [-0.39, 0.29) is 0 Å². The molecule has 0 aromatic rings. The fraction of sp³-hybridized carbons (Fsp3) is 0.364. The van der Waals surface area contributed by atoms with E-state index in [1.165, 1.54) is 7.05 Å². The van der Waals surface area contributed by atoms with Crippen molar-refractivity contribution < 1.29 is 4.79 Å². The minimum atomic E-state index is 0.593. The van der Waals surface area contributed by atoms with E-state index in [2.05, 4.69) is 25.5 Å². The Balaban J connectivity index is -0.000000202. The van der Waals surface area contributed by atoms with Crippen molar-refractivity contribution in [3.8, 4) is 0 Å². The first-order chi connectivity index (χ1) is 7.08. The van der Waals surface area contributed by atoms with Gasteiger partial charge in [0.2, 0.25) is 6.41 Å². The summed E-state index contributed by atoms with van der Waals surface area (Å²) in [6.07, 6.45) is 4.14. The van der Waals surface area contributed by atoms with Crippen LogP contribution in [-0.2, 0) is 4.79 Å². The largest absolute Gasteiger partial charge is 0.403 e. The third-order valence-corrected chi connectivity index (χ3v) is 0.876. The maximum Gasteiger partial charge on any atom is 0.210 e. The van der Waals surface area contributed by atoms with Crippen LogP contribution in [0.4, 0.5) is 0 Å². The van der Waals surface area contributed by atoms with Gasteiger partial charge in [0.25, 0.3) is 0 Å². The molecule has 4 nitrogen and oxygen atoms in total. The molecule has 0 heterocycles. The molecule has 0 spiro atoms. The van der Waals surface area contributed by atoms with Gasteiger partial charge in [0.05, 0.1) is 0 Å². The Labute approximate surface area is 92.9 Å².